The Balaban J connectivity index is 2.11. The van der Waals surface area contributed by atoms with E-state index in [2.05, 4.69) is 10.1 Å². The lowest BCUT2D eigenvalue weighted by atomic mass is 10.1. The predicted molar refractivity (Wildman–Crippen MR) is 93.4 cm³/mol. The number of nitro groups is 1. The highest BCUT2D eigenvalue weighted by molar-refractivity contribution is 6.05. The molecule has 0 fully saturated rings. The molecule has 10 heteroatoms. The van der Waals surface area contributed by atoms with Gasteiger partial charge in [0, 0.05) is 31.4 Å². The molecule has 1 N–H and O–H groups in total. The molecule has 0 saturated carbocycles. The van der Waals surface area contributed by atoms with Crippen LogP contribution in [0.2, 0.25) is 0 Å². The zero-order valence-electron chi connectivity index (χ0n) is 14.4. The minimum absolute atomic E-state index is 0.00343. The SMILES string of the molecule is CN(C)c1ccc(C(=O)Nc2ccc(OCC(F)(F)F)cc2)cc1[N+](=O)[O-]. The molecule has 2 aromatic rings. The number of carbonyl (C=O) groups is 1. The van der Waals surface area contributed by atoms with Crippen molar-refractivity contribution >= 4 is 23.0 Å². The Morgan fingerprint density at radius 3 is 2.33 bits per heavy atom. The molecule has 7 nitrogen and oxygen atoms in total. The molecule has 0 unspecified atom stereocenters. The van der Waals surface area contributed by atoms with E-state index in [9.17, 15) is 28.1 Å². The first-order chi connectivity index (χ1) is 12.6. The van der Waals surface area contributed by atoms with E-state index in [1.807, 2.05) is 0 Å². The van der Waals surface area contributed by atoms with Crippen molar-refractivity contribution in [2.75, 3.05) is 30.9 Å². The van der Waals surface area contributed by atoms with Gasteiger partial charge in [0.1, 0.15) is 11.4 Å². The Bertz CT molecular complexity index is 836. The molecular formula is C17H16F3N3O4. The van der Waals surface area contributed by atoms with Gasteiger partial charge in [-0.05, 0) is 36.4 Å². The minimum Gasteiger partial charge on any atom is -0.484 e. The van der Waals surface area contributed by atoms with E-state index in [1.54, 1.807) is 19.0 Å². The van der Waals surface area contributed by atoms with Gasteiger partial charge in [-0.2, -0.15) is 13.2 Å². The van der Waals surface area contributed by atoms with E-state index in [0.29, 0.717) is 11.4 Å². The molecule has 0 aromatic heterocycles. The first kappa shape index (κ1) is 20.0. The lowest BCUT2D eigenvalue weighted by Gasteiger charge is -2.13. The summed E-state index contributed by atoms with van der Waals surface area (Å²) in [6, 6.07) is 9.35. The van der Waals surface area contributed by atoms with E-state index in [1.165, 1.54) is 36.4 Å². The Morgan fingerprint density at radius 2 is 1.81 bits per heavy atom. The number of hydrogen-bond donors (Lipinski definition) is 1. The molecule has 0 aliphatic heterocycles. The van der Waals surface area contributed by atoms with Gasteiger partial charge in [0.2, 0.25) is 0 Å². The van der Waals surface area contributed by atoms with Crippen LogP contribution in [0.4, 0.5) is 30.2 Å². The van der Waals surface area contributed by atoms with Crippen molar-refractivity contribution in [1.82, 2.24) is 0 Å². The molecule has 0 bridgehead atoms. The fourth-order valence-corrected chi connectivity index (χ4v) is 2.19. The molecular weight excluding hydrogens is 367 g/mol. The van der Waals surface area contributed by atoms with Crippen LogP contribution < -0.4 is 15.0 Å². The Labute approximate surface area is 152 Å². The molecule has 0 aliphatic rings. The van der Waals surface area contributed by atoms with Crippen molar-refractivity contribution < 1.29 is 27.6 Å². The summed E-state index contributed by atoms with van der Waals surface area (Å²) < 4.78 is 40.9. The molecule has 27 heavy (non-hydrogen) atoms. The van der Waals surface area contributed by atoms with Gasteiger partial charge >= 0.3 is 6.18 Å². The maximum atomic E-state index is 12.3. The summed E-state index contributed by atoms with van der Waals surface area (Å²) in [4.78, 5) is 24.4. The Kier molecular flexibility index (Phi) is 5.88. The van der Waals surface area contributed by atoms with Crippen LogP contribution in [0.1, 0.15) is 10.4 Å². The number of ether oxygens (including phenoxy) is 1. The van der Waals surface area contributed by atoms with Gasteiger partial charge in [-0.1, -0.05) is 0 Å². The van der Waals surface area contributed by atoms with E-state index in [4.69, 9.17) is 0 Å². The number of nitro benzene ring substituents is 1. The van der Waals surface area contributed by atoms with E-state index in [0.717, 1.165) is 6.07 Å². The smallest absolute Gasteiger partial charge is 0.422 e. The number of rotatable bonds is 6. The highest BCUT2D eigenvalue weighted by atomic mass is 19.4. The summed E-state index contributed by atoms with van der Waals surface area (Å²) in [7, 11) is 3.29. The fraction of sp³-hybridized carbons (Fsp3) is 0.235. The number of carbonyl (C=O) groups excluding carboxylic acids is 1. The van der Waals surface area contributed by atoms with Gasteiger partial charge < -0.3 is 15.0 Å². The summed E-state index contributed by atoms with van der Waals surface area (Å²) in [5.41, 5.74) is 0.509. The monoisotopic (exact) mass is 383 g/mol. The third-order valence-corrected chi connectivity index (χ3v) is 3.43. The van der Waals surface area contributed by atoms with E-state index >= 15 is 0 Å². The van der Waals surface area contributed by atoms with Crippen molar-refractivity contribution in [2.24, 2.45) is 0 Å². The normalized spacial score (nSPS) is 11.0. The maximum absolute atomic E-state index is 12.3. The van der Waals surface area contributed by atoms with Gasteiger partial charge in [0.15, 0.2) is 6.61 Å². The summed E-state index contributed by atoms with van der Waals surface area (Å²) in [5, 5.41) is 13.7. The molecule has 0 aliphatic carbocycles. The van der Waals surface area contributed by atoms with Gasteiger partial charge in [-0.15, -0.1) is 0 Å². The van der Waals surface area contributed by atoms with Crippen molar-refractivity contribution in [3.05, 3.63) is 58.1 Å². The lowest BCUT2D eigenvalue weighted by Crippen LogP contribution is -2.19. The van der Waals surface area contributed by atoms with E-state index in [-0.39, 0.29) is 17.0 Å². The second-order valence-electron chi connectivity index (χ2n) is 5.74. The van der Waals surface area contributed by atoms with Gasteiger partial charge in [-0.3, -0.25) is 14.9 Å². The molecule has 2 aromatic carbocycles. The summed E-state index contributed by atoms with van der Waals surface area (Å²) in [6.45, 7) is -1.42. The van der Waals surface area contributed by atoms with Crippen LogP contribution in [0, 0.1) is 10.1 Å². The third kappa shape index (κ3) is 5.59. The molecule has 0 spiro atoms. The molecule has 0 saturated heterocycles. The summed E-state index contributed by atoms with van der Waals surface area (Å²) in [5.74, 6) is -0.594. The molecule has 0 radical (unpaired) electrons. The second kappa shape index (κ2) is 7.94. The number of nitrogens with one attached hydrogen (secondary N) is 1. The summed E-state index contributed by atoms with van der Waals surface area (Å²) in [6.07, 6.45) is -4.44. The Hall–Kier alpha value is -3.30. The molecule has 0 atom stereocenters. The van der Waals surface area contributed by atoms with Crippen LogP contribution in [-0.4, -0.2) is 37.7 Å². The van der Waals surface area contributed by atoms with Crippen LogP contribution in [0.5, 0.6) is 5.75 Å². The number of alkyl halides is 3. The highest BCUT2D eigenvalue weighted by Gasteiger charge is 2.28. The average molecular weight is 383 g/mol. The first-order valence-electron chi connectivity index (χ1n) is 7.63. The minimum atomic E-state index is -4.44. The average Bonchev–Trinajstić information content (AvgIpc) is 2.59. The molecule has 0 heterocycles. The number of halogens is 3. The molecule has 2 rings (SSSR count). The Morgan fingerprint density at radius 1 is 1.19 bits per heavy atom. The topological polar surface area (TPSA) is 84.7 Å². The maximum Gasteiger partial charge on any atom is 0.422 e. The van der Waals surface area contributed by atoms with Crippen LogP contribution >= 0.6 is 0 Å². The molecule has 144 valence electrons. The first-order valence-corrected chi connectivity index (χ1v) is 7.63. The second-order valence-corrected chi connectivity index (χ2v) is 5.74. The van der Waals surface area contributed by atoms with Gasteiger partial charge in [0.05, 0.1) is 4.92 Å². The number of nitrogens with zero attached hydrogens (tertiary/aromatic N) is 2. The third-order valence-electron chi connectivity index (χ3n) is 3.43. The predicted octanol–water partition coefficient (Wildman–Crippen LogP) is 3.85. The zero-order chi connectivity index (χ0) is 20.2. The van der Waals surface area contributed by atoms with Crippen LogP contribution in [-0.2, 0) is 0 Å². The highest BCUT2D eigenvalue weighted by Crippen LogP contribution is 2.28. The van der Waals surface area contributed by atoms with E-state index < -0.39 is 23.6 Å². The number of hydrogen-bond acceptors (Lipinski definition) is 5. The van der Waals surface area contributed by atoms with Crippen molar-refractivity contribution in [2.45, 2.75) is 6.18 Å². The van der Waals surface area contributed by atoms with Crippen LogP contribution in [0.25, 0.3) is 0 Å². The largest absolute Gasteiger partial charge is 0.484 e. The van der Waals surface area contributed by atoms with Crippen molar-refractivity contribution in [3.63, 3.8) is 0 Å². The zero-order valence-corrected chi connectivity index (χ0v) is 14.4. The van der Waals surface area contributed by atoms with Crippen LogP contribution in [0.15, 0.2) is 42.5 Å². The van der Waals surface area contributed by atoms with Crippen molar-refractivity contribution in [1.29, 1.82) is 0 Å². The number of anilines is 2. The summed E-state index contributed by atoms with van der Waals surface area (Å²) >= 11 is 0. The number of amides is 1. The lowest BCUT2D eigenvalue weighted by molar-refractivity contribution is -0.384. The number of benzene rings is 2. The fourth-order valence-electron chi connectivity index (χ4n) is 2.19. The quantitative estimate of drug-likeness (QED) is 0.605. The van der Waals surface area contributed by atoms with Gasteiger partial charge in [0.25, 0.3) is 11.6 Å². The van der Waals surface area contributed by atoms with Crippen LogP contribution in [0.3, 0.4) is 0 Å². The molecule has 1 amide bonds. The van der Waals surface area contributed by atoms with Gasteiger partial charge in [-0.25, -0.2) is 0 Å². The standard InChI is InChI=1S/C17H16F3N3O4/c1-22(2)14-8-3-11(9-15(14)23(25)26)16(24)21-12-4-6-13(7-5-12)27-10-17(18,19)20/h3-9H,10H2,1-2H3,(H,21,24). The van der Waals surface area contributed by atoms with Crippen molar-refractivity contribution in [3.8, 4) is 5.75 Å².